The standard InChI is InChI=1S/C23H28N4OS.HI/c1-23(2,20-7-6-14-29-20)17-26-22(24-3)25-15-18-9-11-19(12-10-18)16-27-13-5-4-8-21(27)28;/h4-14H,15-17H2,1-3H3,(H2,24,25,26);1H. The van der Waals surface area contributed by atoms with Crippen LogP contribution in [0.5, 0.6) is 0 Å². The highest BCUT2D eigenvalue weighted by atomic mass is 127. The Bertz CT molecular complexity index is 995. The Morgan fingerprint density at radius 3 is 2.40 bits per heavy atom. The molecule has 30 heavy (non-hydrogen) atoms. The van der Waals surface area contributed by atoms with Gasteiger partial charge in [0.1, 0.15) is 0 Å². The average Bonchev–Trinajstić information content (AvgIpc) is 3.27. The maximum absolute atomic E-state index is 11.8. The first kappa shape index (κ1) is 24.1. The van der Waals surface area contributed by atoms with Gasteiger partial charge in [0.05, 0.1) is 6.54 Å². The molecular weight excluding hydrogens is 507 g/mol. The van der Waals surface area contributed by atoms with E-state index in [9.17, 15) is 4.79 Å². The molecule has 0 bridgehead atoms. The molecule has 0 saturated heterocycles. The fourth-order valence-corrected chi connectivity index (χ4v) is 3.86. The molecule has 0 aliphatic carbocycles. The van der Waals surface area contributed by atoms with Crippen LogP contribution < -0.4 is 16.2 Å². The third-order valence-corrected chi connectivity index (χ3v) is 6.08. The normalized spacial score (nSPS) is 11.6. The van der Waals surface area contributed by atoms with Crippen molar-refractivity contribution in [3.05, 3.63) is 92.5 Å². The summed E-state index contributed by atoms with van der Waals surface area (Å²) in [5.41, 5.74) is 2.32. The van der Waals surface area contributed by atoms with Crippen LogP contribution in [0.2, 0.25) is 0 Å². The zero-order chi connectivity index (χ0) is 20.7. The molecule has 0 aliphatic rings. The molecule has 0 saturated carbocycles. The molecular formula is C23H29IN4OS. The number of guanidine groups is 1. The molecule has 0 radical (unpaired) electrons. The van der Waals surface area contributed by atoms with Crippen molar-refractivity contribution in [2.75, 3.05) is 13.6 Å². The van der Waals surface area contributed by atoms with Crippen LogP contribution in [0.4, 0.5) is 0 Å². The summed E-state index contributed by atoms with van der Waals surface area (Å²) >= 11 is 1.78. The molecule has 0 atom stereocenters. The minimum atomic E-state index is 0. The van der Waals surface area contributed by atoms with E-state index in [1.54, 1.807) is 35.1 Å². The molecule has 0 spiro atoms. The van der Waals surface area contributed by atoms with Gasteiger partial charge in [0.25, 0.3) is 5.56 Å². The molecule has 3 rings (SSSR count). The smallest absolute Gasteiger partial charge is 0.250 e. The van der Waals surface area contributed by atoms with Crippen LogP contribution in [0, 0.1) is 0 Å². The Kier molecular flexibility index (Phi) is 9.10. The SMILES string of the molecule is CN=C(NCc1ccc(Cn2ccccc2=O)cc1)NCC(C)(C)c1cccs1.I. The number of benzene rings is 1. The van der Waals surface area contributed by atoms with Crippen LogP contribution in [0.1, 0.15) is 29.9 Å². The van der Waals surface area contributed by atoms with E-state index in [-0.39, 0.29) is 35.0 Å². The predicted molar refractivity (Wildman–Crippen MR) is 137 cm³/mol. The summed E-state index contributed by atoms with van der Waals surface area (Å²) in [4.78, 5) is 17.5. The number of rotatable bonds is 7. The molecule has 0 unspecified atom stereocenters. The van der Waals surface area contributed by atoms with Crippen molar-refractivity contribution >= 4 is 41.3 Å². The van der Waals surface area contributed by atoms with Gasteiger partial charge in [-0.15, -0.1) is 35.3 Å². The van der Waals surface area contributed by atoms with Crippen molar-refractivity contribution in [1.82, 2.24) is 15.2 Å². The van der Waals surface area contributed by atoms with Crippen molar-refractivity contribution in [1.29, 1.82) is 0 Å². The van der Waals surface area contributed by atoms with Crippen LogP contribution in [0.25, 0.3) is 0 Å². The van der Waals surface area contributed by atoms with Gasteiger partial charge in [-0.05, 0) is 28.6 Å². The average molecular weight is 536 g/mol. The molecule has 1 aromatic carbocycles. The van der Waals surface area contributed by atoms with Gasteiger partial charge in [-0.2, -0.15) is 0 Å². The lowest BCUT2D eigenvalue weighted by molar-refractivity contribution is 0.518. The van der Waals surface area contributed by atoms with E-state index >= 15 is 0 Å². The van der Waals surface area contributed by atoms with Crippen LogP contribution in [-0.2, 0) is 18.5 Å². The topological polar surface area (TPSA) is 58.4 Å². The van der Waals surface area contributed by atoms with E-state index in [2.05, 4.69) is 71.3 Å². The van der Waals surface area contributed by atoms with Gasteiger partial charge in [0.2, 0.25) is 0 Å². The van der Waals surface area contributed by atoms with E-state index in [1.165, 1.54) is 4.88 Å². The highest BCUT2D eigenvalue weighted by Gasteiger charge is 2.21. The molecule has 0 amide bonds. The van der Waals surface area contributed by atoms with Crippen LogP contribution in [0.15, 0.2) is 76.0 Å². The molecule has 2 aromatic heterocycles. The summed E-state index contributed by atoms with van der Waals surface area (Å²) in [7, 11) is 1.79. The molecule has 3 aromatic rings. The summed E-state index contributed by atoms with van der Waals surface area (Å²) in [5.74, 6) is 0.787. The minimum absolute atomic E-state index is 0. The maximum Gasteiger partial charge on any atom is 0.250 e. The van der Waals surface area contributed by atoms with Gasteiger partial charge in [-0.3, -0.25) is 9.79 Å². The van der Waals surface area contributed by atoms with E-state index in [1.807, 2.05) is 12.3 Å². The summed E-state index contributed by atoms with van der Waals surface area (Å²) in [6.07, 6.45) is 1.81. The lowest BCUT2D eigenvalue weighted by atomic mass is 9.91. The zero-order valence-corrected chi connectivity index (χ0v) is 20.7. The summed E-state index contributed by atoms with van der Waals surface area (Å²) in [6, 6.07) is 17.8. The van der Waals surface area contributed by atoms with Crippen molar-refractivity contribution in [3.8, 4) is 0 Å². The third-order valence-electron chi connectivity index (χ3n) is 4.84. The Balaban J connectivity index is 0.00000320. The number of hydrogen-bond donors (Lipinski definition) is 2. The van der Waals surface area contributed by atoms with E-state index < -0.39 is 0 Å². The van der Waals surface area contributed by atoms with E-state index in [4.69, 9.17) is 0 Å². The fourth-order valence-electron chi connectivity index (χ4n) is 3.01. The lowest BCUT2D eigenvalue weighted by Crippen LogP contribution is -2.42. The number of aliphatic imine (C=N–C) groups is 1. The first-order valence-corrected chi connectivity index (χ1v) is 10.6. The van der Waals surface area contributed by atoms with Gasteiger partial charge in [0, 0.05) is 42.7 Å². The molecule has 160 valence electrons. The number of nitrogens with one attached hydrogen (secondary N) is 2. The zero-order valence-electron chi connectivity index (χ0n) is 17.6. The predicted octanol–water partition coefficient (Wildman–Crippen LogP) is 4.22. The van der Waals surface area contributed by atoms with Gasteiger partial charge < -0.3 is 15.2 Å². The maximum atomic E-state index is 11.8. The van der Waals surface area contributed by atoms with Crippen molar-refractivity contribution < 1.29 is 0 Å². The number of thiophene rings is 1. The Morgan fingerprint density at radius 1 is 1.03 bits per heavy atom. The second kappa shape index (κ2) is 11.3. The number of hydrogen-bond acceptors (Lipinski definition) is 3. The monoisotopic (exact) mass is 536 g/mol. The quantitative estimate of drug-likeness (QED) is 0.270. The Hall–Kier alpha value is -2.13. The largest absolute Gasteiger partial charge is 0.356 e. The highest BCUT2D eigenvalue weighted by Crippen LogP contribution is 2.26. The number of halogens is 1. The van der Waals surface area contributed by atoms with E-state index in [0.717, 1.165) is 23.6 Å². The van der Waals surface area contributed by atoms with Gasteiger partial charge in [-0.1, -0.05) is 50.2 Å². The minimum Gasteiger partial charge on any atom is -0.356 e. The van der Waals surface area contributed by atoms with Crippen molar-refractivity contribution in [2.24, 2.45) is 4.99 Å². The first-order chi connectivity index (χ1) is 14.0. The highest BCUT2D eigenvalue weighted by molar-refractivity contribution is 14.0. The molecule has 7 heteroatoms. The van der Waals surface area contributed by atoms with Gasteiger partial charge in [-0.25, -0.2) is 0 Å². The van der Waals surface area contributed by atoms with Crippen molar-refractivity contribution in [2.45, 2.75) is 32.4 Å². The van der Waals surface area contributed by atoms with Crippen molar-refractivity contribution in [3.63, 3.8) is 0 Å². The number of pyridine rings is 1. The van der Waals surface area contributed by atoms with Gasteiger partial charge >= 0.3 is 0 Å². The number of nitrogens with zero attached hydrogens (tertiary/aromatic N) is 2. The summed E-state index contributed by atoms with van der Waals surface area (Å²) in [6.45, 7) is 6.53. The third kappa shape index (κ3) is 6.70. The van der Waals surface area contributed by atoms with E-state index in [0.29, 0.717) is 13.1 Å². The summed E-state index contributed by atoms with van der Waals surface area (Å²) < 4.78 is 1.70. The van der Waals surface area contributed by atoms with Gasteiger partial charge in [0.15, 0.2) is 5.96 Å². The second-order valence-corrected chi connectivity index (χ2v) is 8.57. The lowest BCUT2D eigenvalue weighted by Gasteiger charge is -2.25. The Labute approximate surface area is 199 Å². The molecule has 2 heterocycles. The van der Waals surface area contributed by atoms with Crippen LogP contribution >= 0.6 is 35.3 Å². The second-order valence-electron chi connectivity index (χ2n) is 7.62. The summed E-state index contributed by atoms with van der Waals surface area (Å²) in [5, 5.41) is 8.91. The molecule has 5 nitrogen and oxygen atoms in total. The molecule has 2 N–H and O–H groups in total. The van der Waals surface area contributed by atoms with Crippen LogP contribution in [0.3, 0.4) is 0 Å². The van der Waals surface area contributed by atoms with Crippen LogP contribution in [-0.4, -0.2) is 24.1 Å². The fraction of sp³-hybridized carbons (Fsp3) is 0.304. The first-order valence-electron chi connectivity index (χ1n) is 9.70. The molecule has 0 fully saturated rings. The molecule has 0 aliphatic heterocycles. The Morgan fingerprint density at radius 2 is 1.77 bits per heavy atom. The number of aromatic nitrogens is 1.